The molecule has 0 saturated carbocycles. The number of carbonyl (C=O) groups excluding carboxylic acids is 1. The molecule has 0 spiro atoms. The minimum atomic E-state index is -0.187. The highest BCUT2D eigenvalue weighted by atomic mass is 79.9. The summed E-state index contributed by atoms with van der Waals surface area (Å²) >= 11 is 3.17. The Morgan fingerprint density at radius 1 is 1.22 bits per heavy atom. The molecule has 0 aliphatic rings. The lowest BCUT2D eigenvalue weighted by Crippen LogP contribution is -2.25. The lowest BCUT2D eigenvalue weighted by Gasteiger charge is -2.04. The molecule has 0 aliphatic carbocycles. The summed E-state index contributed by atoms with van der Waals surface area (Å²) in [5, 5.41) is 2.82. The number of furan rings is 1. The minimum absolute atomic E-state index is 0.187. The van der Waals surface area contributed by atoms with Crippen LogP contribution in [-0.2, 0) is 6.42 Å². The number of amides is 1. The summed E-state index contributed by atoms with van der Waals surface area (Å²) in [6.07, 6.45) is 0.813. The number of nitrogens with one attached hydrogen (secondary N) is 1. The van der Waals surface area contributed by atoms with Gasteiger partial charge in [-0.3, -0.25) is 4.79 Å². The largest absolute Gasteiger partial charge is 0.444 e. The quantitative estimate of drug-likeness (QED) is 0.941. The van der Waals surface area contributed by atoms with Crippen LogP contribution in [0.1, 0.15) is 21.7 Å². The second kappa shape index (κ2) is 5.87. The molecule has 0 saturated heterocycles. The molecule has 0 aliphatic heterocycles. The van der Waals surface area contributed by atoms with Gasteiger partial charge in [0.25, 0.3) is 5.91 Å². The highest BCUT2D eigenvalue weighted by Gasteiger charge is 2.09. The van der Waals surface area contributed by atoms with Crippen molar-refractivity contribution in [2.75, 3.05) is 6.54 Å². The van der Waals surface area contributed by atoms with Crippen LogP contribution in [0.5, 0.6) is 0 Å². The molecular formula is C14H14BrNO2. The fourth-order valence-corrected chi connectivity index (χ4v) is 1.91. The first kappa shape index (κ1) is 12.9. The van der Waals surface area contributed by atoms with Gasteiger partial charge in [0.15, 0.2) is 10.4 Å². The summed E-state index contributed by atoms with van der Waals surface area (Å²) < 4.78 is 5.73. The third-order valence-corrected chi connectivity index (χ3v) is 3.04. The number of aryl methyl sites for hydroxylation is 1. The summed E-state index contributed by atoms with van der Waals surface area (Å²) in [4.78, 5) is 11.7. The topological polar surface area (TPSA) is 42.2 Å². The Bertz CT molecular complexity index is 531. The Morgan fingerprint density at radius 2 is 1.94 bits per heavy atom. The number of carbonyl (C=O) groups is 1. The second-order valence-electron chi connectivity index (χ2n) is 4.10. The smallest absolute Gasteiger partial charge is 0.287 e. The number of rotatable bonds is 4. The number of hydrogen-bond acceptors (Lipinski definition) is 2. The fourth-order valence-electron chi connectivity index (χ4n) is 1.60. The number of hydrogen-bond donors (Lipinski definition) is 1. The first-order valence-electron chi connectivity index (χ1n) is 5.74. The normalized spacial score (nSPS) is 10.3. The Labute approximate surface area is 114 Å². The molecule has 3 nitrogen and oxygen atoms in total. The first-order chi connectivity index (χ1) is 8.65. The lowest BCUT2D eigenvalue weighted by atomic mass is 10.1. The summed E-state index contributed by atoms with van der Waals surface area (Å²) in [6.45, 7) is 2.65. The van der Waals surface area contributed by atoms with Crippen molar-refractivity contribution in [2.45, 2.75) is 13.3 Å². The van der Waals surface area contributed by atoms with Gasteiger partial charge in [0.05, 0.1) is 0 Å². The van der Waals surface area contributed by atoms with Gasteiger partial charge in [-0.2, -0.15) is 0 Å². The summed E-state index contributed by atoms with van der Waals surface area (Å²) in [7, 11) is 0. The van der Waals surface area contributed by atoms with Crippen molar-refractivity contribution in [1.82, 2.24) is 5.32 Å². The highest BCUT2D eigenvalue weighted by Crippen LogP contribution is 2.13. The first-order valence-corrected chi connectivity index (χ1v) is 6.53. The SMILES string of the molecule is Cc1ccc(CCNC(=O)c2ccc(Br)o2)cc1. The average molecular weight is 308 g/mol. The van der Waals surface area contributed by atoms with E-state index in [1.54, 1.807) is 12.1 Å². The molecule has 2 rings (SSSR count). The third-order valence-electron chi connectivity index (χ3n) is 2.62. The molecule has 1 aromatic heterocycles. The van der Waals surface area contributed by atoms with Crippen molar-refractivity contribution in [3.63, 3.8) is 0 Å². The average Bonchev–Trinajstić information content (AvgIpc) is 2.78. The van der Waals surface area contributed by atoms with E-state index >= 15 is 0 Å². The Morgan fingerprint density at radius 3 is 2.56 bits per heavy atom. The van der Waals surface area contributed by atoms with E-state index in [1.165, 1.54) is 11.1 Å². The zero-order chi connectivity index (χ0) is 13.0. The van der Waals surface area contributed by atoms with Gasteiger partial charge < -0.3 is 9.73 Å². The maximum Gasteiger partial charge on any atom is 0.287 e. The van der Waals surface area contributed by atoms with Gasteiger partial charge in [0.2, 0.25) is 0 Å². The predicted molar refractivity (Wildman–Crippen MR) is 73.6 cm³/mol. The molecule has 1 aromatic carbocycles. The minimum Gasteiger partial charge on any atom is -0.444 e. The van der Waals surface area contributed by atoms with Crippen LogP contribution >= 0.6 is 15.9 Å². The van der Waals surface area contributed by atoms with Gasteiger partial charge in [-0.25, -0.2) is 0 Å². The maximum absolute atomic E-state index is 11.7. The molecule has 94 valence electrons. The van der Waals surface area contributed by atoms with E-state index in [0.29, 0.717) is 17.0 Å². The van der Waals surface area contributed by atoms with Crippen LogP contribution in [0, 0.1) is 6.92 Å². The number of halogens is 1. The van der Waals surface area contributed by atoms with Crippen LogP contribution in [0.3, 0.4) is 0 Å². The van der Waals surface area contributed by atoms with E-state index in [9.17, 15) is 4.79 Å². The highest BCUT2D eigenvalue weighted by molar-refractivity contribution is 9.10. The third kappa shape index (κ3) is 3.47. The van der Waals surface area contributed by atoms with Crippen molar-refractivity contribution < 1.29 is 9.21 Å². The molecule has 1 heterocycles. The van der Waals surface area contributed by atoms with Crippen LogP contribution in [0.15, 0.2) is 45.5 Å². The molecule has 18 heavy (non-hydrogen) atoms. The Hall–Kier alpha value is -1.55. The van der Waals surface area contributed by atoms with Crippen LogP contribution < -0.4 is 5.32 Å². The monoisotopic (exact) mass is 307 g/mol. The van der Waals surface area contributed by atoms with Crippen LogP contribution in [-0.4, -0.2) is 12.5 Å². The molecule has 0 atom stereocenters. The van der Waals surface area contributed by atoms with E-state index in [1.807, 2.05) is 0 Å². The summed E-state index contributed by atoms with van der Waals surface area (Å²) in [6, 6.07) is 11.6. The van der Waals surface area contributed by atoms with Crippen LogP contribution in [0.4, 0.5) is 0 Å². The summed E-state index contributed by atoms with van der Waals surface area (Å²) in [5.74, 6) is 0.138. The van der Waals surface area contributed by atoms with Gasteiger partial charge >= 0.3 is 0 Å². The number of benzene rings is 1. The van der Waals surface area contributed by atoms with Gasteiger partial charge in [0, 0.05) is 6.54 Å². The van der Waals surface area contributed by atoms with Crippen LogP contribution in [0.25, 0.3) is 0 Å². The second-order valence-corrected chi connectivity index (χ2v) is 4.88. The van der Waals surface area contributed by atoms with E-state index < -0.39 is 0 Å². The molecule has 1 amide bonds. The Balaban J connectivity index is 1.82. The van der Waals surface area contributed by atoms with Crippen molar-refractivity contribution in [1.29, 1.82) is 0 Å². The van der Waals surface area contributed by atoms with E-state index in [0.717, 1.165) is 6.42 Å². The zero-order valence-corrected chi connectivity index (χ0v) is 11.7. The van der Waals surface area contributed by atoms with E-state index in [-0.39, 0.29) is 5.91 Å². The van der Waals surface area contributed by atoms with Crippen molar-refractivity contribution in [3.05, 3.63) is 58.0 Å². The molecule has 2 aromatic rings. The van der Waals surface area contributed by atoms with Gasteiger partial charge in [-0.1, -0.05) is 29.8 Å². The molecule has 1 N–H and O–H groups in total. The van der Waals surface area contributed by atoms with Crippen LogP contribution in [0.2, 0.25) is 0 Å². The van der Waals surface area contributed by atoms with Crippen molar-refractivity contribution in [2.24, 2.45) is 0 Å². The molecule has 0 unspecified atom stereocenters. The van der Waals surface area contributed by atoms with Gasteiger partial charge in [0.1, 0.15) is 0 Å². The standard InChI is InChI=1S/C14H14BrNO2/c1-10-2-4-11(5-3-10)8-9-16-14(17)12-6-7-13(15)18-12/h2-7H,8-9H2,1H3,(H,16,17). The molecule has 0 radical (unpaired) electrons. The molecule has 4 heteroatoms. The molecular weight excluding hydrogens is 294 g/mol. The maximum atomic E-state index is 11.7. The summed E-state index contributed by atoms with van der Waals surface area (Å²) in [5.41, 5.74) is 2.45. The lowest BCUT2D eigenvalue weighted by molar-refractivity contribution is 0.0925. The van der Waals surface area contributed by atoms with E-state index in [2.05, 4.69) is 52.4 Å². The molecule has 0 bridgehead atoms. The zero-order valence-electron chi connectivity index (χ0n) is 10.1. The molecule has 0 fully saturated rings. The van der Waals surface area contributed by atoms with E-state index in [4.69, 9.17) is 4.42 Å². The van der Waals surface area contributed by atoms with Gasteiger partial charge in [-0.15, -0.1) is 0 Å². The van der Waals surface area contributed by atoms with Crippen molar-refractivity contribution in [3.8, 4) is 0 Å². The fraction of sp³-hybridized carbons (Fsp3) is 0.214. The predicted octanol–water partition coefficient (Wildman–Crippen LogP) is 3.32. The Kier molecular flexibility index (Phi) is 4.20. The van der Waals surface area contributed by atoms with Crippen molar-refractivity contribution >= 4 is 21.8 Å². The van der Waals surface area contributed by atoms with Gasteiger partial charge in [-0.05, 0) is 47.0 Å².